The van der Waals surface area contributed by atoms with E-state index in [1.54, 1.807) is 35.0 Å². The molecular weight excluding hydrogens is 394 g/mol. The number of Topliss-reactive ketones (excluding diaryl/α,β-unsaturated/α-hetero) is 1. The smallest absolute Gasteiger partial charge is 0.252 e. The first-order valence-electron chi connectivity index (χ1n) is 9.60. The van der Waals surface area contributed by atoms with Gasteiger partial charge in [0.25, 0.3) is 5.91 Å². The summed E-state index contributed by atoms with van der Waals surface area (Å²) in [5.74, 6) is -0.180. The van der Waals surface area contributed by atoms with Crippen LogP contribution >= 0.6 is 11.8 Å². The molecule has 5 nitrogen and oxygen atoms in total. The minimum atomic E-state index is -0.147. The number of anilines is 2. The molecular formula is C24H21N3O2S. The molecule has 0 unspecified atom stereocenters. The van der Waals surface area contributed by atoms with E-state index in [2.05, 4.69) is 10.5 Å². The second-order valence-electron chi connectivity index (χ2n) is 7.04. The van der Waals surface area contributed by atoms with Crippen molar-refractivity contribution in [3.63, 3.8) is 0 Å². The van der Waals surface area contributed by atoms with Crippen LogP contribution < -0.4 is 10.3 Å². The lowest BCUT2D eigenvalue weighted by molar-refractivity contribution is -0.117. The van der Waals surface area contributed by atoms with Crippen LogP contribution in [0.5, 0.6) is 0 Å². The van der Waals surface area contributed by atoms with Gasteiger partial charge in [-0.15, -0.1) is 0 Å². The highest BCUT2D eigenvalue weighted by atomic mass is 32.2. The third-order valence-electron chi connectivity index (χ3n) is 4.76. The van der Waals surface area contributed by atoms with Gasteiger partial charge in [0, 0.05) is 15.4 Å². The average Bonchev–Trinajstić information content (AvgIpc) is 2.74. The lowest BCUT2D eigenvalue weighted by Crippen LogP contribution is -2.35. The molecule has 3 aromatic carbocycles. The minimum Gasteiger partial charge on any atom is -0.301 e. The third-order valence-corrected chi connectivity index (χ3v) is 5.89. The zero-order valence-electron chi connectivity index (χ0n) is 16.8. The molecule has 1 N–H and O–H groups in total. The highest BCUT2D eigenvalue weighted by molar-refractivity contribution is 7.99. The Morgan fingerprint density at radius 3 is 2.60 bits per heavy atom. The SMILES string of the molecule is CC(=O)c1ccc2c(c1)N(C(=O)CNN=Cc1cccc(C)c1)c1ccccc1S2. The molecule has 30 heavy (non-hydrogen) atoms. The molecule has 6 heteroatoms. The molecule has 1 heterocycles. The largest absolute Gasteiger partial charge is 0.301 e. The maximum atomic E-state index is 13.2. The van der Waals surface area contributed by atoms with Gasteiger partial charge in [-0.05, 0) is 43.7 Å². The summed E-state index contributed by atoms with van der Waals surface area (Å²) >= 11 is 1.60. The Hall–Kier alpha value is -3.38. The second kappa shape index (κ2) is 8.55. The molecule has 0 radical (unpaired) electrons. The van der Waals surface area contributed by atoms with E-state index in [1.807, 2.05) is 61.5 Å². The fourth-order valence-corrected chi connectivity index (χ4v) is 4.34. The summed E-state index contributed by atoms with van der Waals surface area (Å²) in [7, 11) is 0. The zero-order chi connectivity index (χ0) is 21.1. The van der Waals surface area contributed by atoms with Crippen LogP contribution in [0.25, 0.3) is 0 Å². The summed E-state index contributed by atoms with van der Waals surface area (Å²) in [5.41, 5.74) is 7.08. The monoisotopic (exact) mass is 415 g/mol. The minimum absolute atomic E-state index is 0.0325. The number of nitrogens with one attached hydrogen (secondary N) is 1. The van der Waals surface area contributed by atoms with Crippen LogP contribution in [0.3, 0.4) is 0 Å². The molecule has 150 valence electrons. The summed E-state index contributed by atoms with van der Waals surface area (Å²) in [6.07, 6.45) is 1.70. The maximum Gasteiger partial charge on any atom is 0.252 e. The number of ketones is 1. The topological polar surface area (TPSA) is 61.8 Å². The number of amides is 1. The number of rotatable bonds is 5. The Kier molecular flexibility index (Phi) is 5.68. The van der Waals surface area contributed by atoms with Crippen molar-refractivity contribution >= 4 is 41.0 Å². The molecule has 0 aromatic heterocycles. The predicted octanol–water partition coefficient (Wildman–Crippen LogP) is 4.95. The second-order valence-corrected chi connectivity index (χ2v) is 8.13. The Balaban J connectivity index is 1.58. The van der Waals surface area contributed by atoms with Crippen LogP contribution in [0.1, 0.15) is 28.4 Å². The van der Waals surface area contributed by atoms with Crippen LogP contribution in [0, 0.1) is 6.92 Å². The van der Waals surface area contributed by atoms with E-state index in [0.29, 0.717) is 5.56 Å². The molecule has 0 saturated heterocycles. The molecule has 1 amide bonds. The van der Waals surface area contributed by atoms with E-state index in [-0.39, 0.29) is 18.2 Å². The van der Waals surface area contributed by atoms with Crippen molar-refractivity contribution in [2.45, 2.75) is 23.6 Å². The van der Waals surface area contributed by atoms with Gasteiger partial charge in [-0.3, -0.25) is 14.5 Å². The van der Waals surface area contributed by atoms with Crippen molar-refractivity contribution < 1.29 is 9.59 Å². The van der Waals surface area contributed by atoms with Gasteiger partial charge in [0.2, 0.25) is 0 Å². The standard InChI is InChI=1S/C24H21N3O2S/c1-16-6-5-7-18(12-16)14-25-26-15-24(29)27-20-8-3-4-9-22(20)30-23-11-10-19(17(2)28)13-21(23)27/h3-14,26H,15H2,1-2H3. The first-order valence-corrected chi connectivity index (χ1v) is 10.4. The number of aryl methyl sites for hydroxylation is 1. The van der Waals surface area contributed by atoms with Gasteiger partial charge in [0.15, 0.2) is 5.78 Å². The van der Waals surface area contributed by atoms with Crippen molar-refractivity contribution in [3.05, 3.63) is 83.4 Å². The quantitative estimate of drug-likeness (QED) is 0.364. The third kappa shape index (κ3) is 4.14. The summed E-state index contributed by atoms with van der Waals surface area (Å²) in [5, 5.41) is 4.19. The Morgan fingerprint density at radius 2 is 1.80 bits per heavy atom. The molecule has 0 aliphatic carbocycles. The number of benzene rings is 3. The molecule has 0 spiro atoms. The lowest BCUT2D eigenvalue weighted by atomic mass is 10.1. The highest BCUT2D eigenvalue weighted by Crippen LogP contribution is 2.48. The number of hydrogen-bond acceptors (Lipinski definition) is 5. The van der Waals surface area contributed by atoms with E-state index >= 15 is 0 Å². The van der Waals surface area contributed by atoms with Crippen LogP contribution in [-0.2, 0) is 4.79 Å². The first kappa shape index (κ1) is 19.9. The predicted molar refractivity (Wildman–Crippen MR) is 121 cm³/mol. The van der Waals surface area contributed by atoms with E-state index < -0.39 is 0 Å². The first-order chi connectivity index (χ1) is 14.5. The molecule has 3 aromatic rings. The average molecular weight is 416 g/mol. The lowest BCUT2D eigenvalue weighted by Gasteiger charge is -2.31. The Bertz CT molecular complexity index is 1160. The van der Waals surface area contributed by atoms with Crippen LogP contribution in [-0.4, -0.2) is 24.4 Å². The van der Waals surface area contributed by atoms with Gasteiger partial charge in [0.05, 0.1) is 17.6 Å². The van der Waals surface area contributed by atoms with Crippen LogP contribution in [0.4, 0.5) is 11.4 Å². The summed E-state index contributed by atoms with van der Waals surface area (Å²) in [6.45, 7) is 3.58. The summed E-state index contributed by atoms with van der Waals surface area (Å²) in [6, 6.07) is 21.2. The Morgan fingerprint density at radius 1 is 1.00 bits per heavy atom. The molecule has 0 bridgehead atoms. The number of carbonyl (C=O) groups is 2. The number of hydrogen-bond donors (Lipinski definition) is 1. The van der Waals surface area contributed by atoms with Crippen molar-refractivity contribution in [1.29, 1.82) is 0 Å². The normalized spacial score (nSPS) is 12.4. The van der Waals surface area contributed by atoms with Gasteiger partial charge in [-0.25, -0.2) is 0 Å². The van der Waals surface area contributed by atoms with E-state index in [1.165, 1.54) is 6.92 Å². The molecule has 0 atom stereocenters. The number of hydrazone groups is 1. The fraction of sp³-hybridized carbons (Fsp3) is 0.125. The molecule has 0 fully saturated rings. The van der Waals surface area contributed by atoms with E-state index in [4.69, 9.17) is 0 Å². The van der Waals surface area contributed by atoms with E-state index in [9.17, 15) is 9.59 Å². The van der Waals surface area contributed by atoms with Crippen molar-refractivity contribution in [1.82, 2.24) is 5.43 Å². The highest BCUT2D eigenvalue weighted by Gasteiger charge is 2.28. The number of fused-ring (bicyclic) bond motifs is 2. The van der Waals surface area contributed by atoms with Gasteiger partial charge in [-0.2, -0.15) is 5.10 Å². The fourth-order valence-electron chi connectivity index (χ4n) is 3.31. The molecule has 0 saturated carbocycles. The van der Waals surface area contributed by atoms with E-state index in [0.717, 1.165) is 32.3 Å². The van der Waals surface area contributed by atoms with Crippen molar-refractivity contribution in [2.24, 2.45) is 5.10 Å². The van der Waals surface area contributed by atoms with Gasteiger partial charge in [-0.1, -0.05) is 59.8 Å². The maximum absolute atomic E-state index is 13.2. The summed E-state index contributed by atoms with van der Waals surface area (Å²) in [4.78, 5) is 28.7. The van der Waals surface area contributed by atoms with Crippen LogP contribution in [0.15, 0.2) is 81.6 Å². The molecule has 1 aliphatic heterocycles. The van der Waals surface area contributed by atoms with Gasteiger partial charge < -0.3 is 5.43 Å². The number of carbonyl (C=O) groups excluding carboxylic acids is 2. The van der Waals surface area contributed by atoms with Gasteiger partial charge in [0.1, 0.15) is 6.54 Å². The van der Waals surface area contributed by atoms with Crippen molar-refractivity contribution in [3.8, 4) is 0 Å². The van der Waals surface area contributed by atoms with Crippen LogP contribution in [0.2, 0.25) is 0 Å². The molecule has 4 rings (SSSR count). The van der Waals surface area contributed by atoms with Gasteiger partial charge >= 0.3 is 0 Å². The molecule has 1 aliphatic rings. The van der Waals surface area contributed by atoms with Crippen molar-refractivity contribution in [2.75, 3.05) is 11.4 Å². The number of para-hydroxylation sites is 1. The summed E-state index contributed by atoms with van der Waals surface area (Å²) < 4.78 is 0. The Labute approximate surface area is 179 Å². The number of nitrogens with zero attached hydrogens (tertiary/aromatic N) is 2. The zero-order valence-corrected chi connectivity index (χ0v) is 17.6.